The van der Waals surface area contributed by atoms with Crippen molar-refractivity contribution >= 4 is 34.8 Å². The van der Waals surface area contributed by atoms with Crippen molar-refractivity contribution in [1.82, 2.24) is 10.2 Å². The second-order valence-corrected chi connectivity index (χ2v) is 5.82. The number of likely N-dealkylation sites (tertiary alicyclic amines) is 1. The third-order valence-electron chi connectivity index (χ3n) is 2.85. The molecule has 17 heavy (non-hydrogen) atoms. The molecule has 0 spiro atoms. The highest BCUT2D eigenvalue weighted by atomic mass is 35.5. The Labute approximate surface area is 109 Å². The molecule has 2 rings (SSSR count). The van der Waals surface area contributed by atoms with Crippen molar-refractivity contribution in [3.8, 4) is 0 Å². The quantitative estimate of drug-likeness (QED) is 0.854. The van der Waals surface area contributed by atoms with Crippen molar-refractivity contribution in [2.45, 2.75) is 25.4 Å². The van der Waals surface area contributed by atoms with E-state index in [-0.39, 0.29) is 24.3 Å². The van der Waals surface area contributed by atoms with E-state index in [2.05, 4.69) is 5.32 Å². The zero-order valence-electron chi connectivity index (χ0n) is 9.57. The van der Waals surface area contributed by atoms with Gasteiger partial charge in [-0.25, -0.2) is 0 Å². The molecule has 1 fully saturated rings. The highest BCUT2D eigenvalue weighted by molar-refractivity contribution is 7.16. The van der Waals surface area contributed by atoms with E-state index in [1.807, 2.05) is 19.1 Å². The van der Waals surface area contributed by atoms with Crippen LogP contribution in [0.3, 0.4) is 0 Å². The van der Waals surface area contributed by atoms with Crippen molar-refractivity contribution < 1.29 is 9.59 Å². The summed E-state index contributed by atoms with van der Waals surface area (Å²) in [6, 6.07) is 3.35. The van der Waals surface area contributed by atoms with Crippen LogP contribution >= 0.6 is 22.9 Å². The fourth-order valence-corrected chi connectivity index (χ4v) is 2.90. The van der Waals surface area contributed by atoms with E-state index in [9.17, 15) is 9.59 Å². The number of likely N-dealkylation sites (N-methyl/N-ethyl adjacent to an activating group) is 1. The highest BCUT2D eigenvalue weighted by Gasteiger charge is 2.36. The number of halogens is 1. The molecule has 1 aromatic heterocycles. The lowest BCUT2D eigenvalue weighted by molar-refractivity contribution is -0.137. The molecule has 1 aromatic rings. The first-order valence-electron chi connectivity index (χ1n) is 5.30. The van der Waals surface area contributed by atoms with Crippen molar-refractivity contribution in [2.24, 2.45) is 0 Å². The van der Waals surface area contributed by atoms with Crippen molar-refractivity contribution in [3.05, 3.63) is 21.3 Å². The molecule has 6 heteroatoms. The Morgan fingerprint density at radius 2 is 2.24 bits per heavy atom. The number of carbonyl (C=O) groups excluding carboxylic acids is 2. The fraction of sp³-hybridized carbons (Fsp3) is 0.455. The molecular formula is C11H13ClN2O2S. The predicted octanol–water partition coefficient (Wildman–Crippen LogP) is 1.81. The molecule has 0 radical (unpaired) electrons. The Bertz CT molecular complexity index is 460. The zero-order chi connectivity index (χ0) is 12.6. The molecule has 92 valence electrons. The van der Waals surface area contributed by atoms with Crippen LogP contribution in [0.1, 0.15) is 24.3 Å². The minimum absolute atomic E-state index is 0.0146. The van der Waals surface area contributed by atoms with Crippen LogP contribution in [-0.4, -0.2) is 29.8 Å². The molecule has 0 aromatic carbocycles. The number of nitrogens with zero attached hydrogens (tertiary/aromatic N) is 1. The molecule has 1 saturated heterocycles. The van der Waals surface area contributed by atoms with Gasteiger partial charge in [0.2, 0.25) is 11.8 Å². The van der Waals surface area contributed by atoms with Gasteiger partial charge in [0.25, 0.3) is 0 Å². The van der Waals surface area contributed by atoms with Crippen LogP contribution < -0.4 is 5.32 Å². The largest absolute Gasteiger partial charge is 0.298 e. The summed E-state index contributed by atoms with van der Waals surface area (Å²) in [5.41, 5.74) is 0. The molecule has 0 bridgehead atoms. The van der Waals surface area contributed by atoms with E-state index in [1.54, 1.807) is 0 Å². The number of carbonyl (C=O) groups is 2. The molecule has 2 heterocycles. The molecule has 2 unspecified atom stereocenters. The van der Waals surface area contributed by atoms with Crippen LogP contribution in [0.25, 0.3) is 0 Å². The van der Waals surface area contributed by atoms with Gasteiger partial charge in [-0.15, -0.1) is 11.3 Å². The predicted molar refractivity (Wildman–Crippen MR) is 67.1 cm³/mol. The number of thiophene rings is 1. The van der Waals surface area contributed by atoms with E-state index in [0.29, 0.717) is 0 Å². The topological polar surface area (TPSA) is 49.4 Å². The van der Waals surface area contributed by atoms with E-state index < -0.39 is 6.04 Å². The van der Waals surface area contributed by atoms with Crippen LogP contribution in [0.2, 0.25) is 4.34 Å². The molecule has 1 N–H and O–H groups in total. The van der Waals surface area contributed by atoms with Crippen molar-refractivity contribution in [3.63, 3.8) is 0 Å². The smallest absolute Gasteiger partial charge is 0.246 e. The molecule has 2 atom stereocenters. The average molecular weight is 273 g/mol. The molecule has 4 nitrogen and oxygen atoms in total. The molecular weight excluding hydrogens is 260 g/mol. The second-order valence-electron chi connectivity index (χ2n) is 4.08. The maximum Gasteiger partial charge on any atom is 0.246 e. The normalized spacial score (nSPS) is 22.3. The van der Waals surface area contributed by atoms with Crippen LogP contribution in [0.15, 0.2) is 12.1 Å². The lowest BCUT2D eigenvalue weighted by Gasteiger charge is -2.16. The van der Waals surface area contributed by atoms with E-state index in [4.69, 9.17) is 11.6 Å². The maximum atomic E-state index is 11.7. The summed E-state index contributed by atoms with van der Waals surface area (Å²) in [6.07, 6.45) is 0.235. The van der Waals surface area contributed by atoms with Crippen LogP contribution in [0.4, 0.5) is 0 Å². The van der Waals surface area contributed by atoms with Gasteiger partial charge in [0.1, 0.15) is 0 Å². The van der Waals surface area contributed by atoms with Gasteiger partial charge in [-0.2, -0.15) is 0 Å². The summed E-state index contributed by atoms with van der Waals surface area (Å²) in [6.45, 7) is 1.96. The van der Waals surface area contributed by atoms with Crippen LogP contribution in [-0.2, 0) is 9.59 Å². The first-order valence-corrected chi connectivity index (χ1v) is 6.50. The second kappa shape index (κ2) is 4.76. The lowest BCUT2D eigenvalue weighted by atomic mass is 10.2. The number of imide groups is 1. The molecule has 0 aliphatic carbocycles. The third kappa shape index (κ3) is 2.51. The summed E-state index contributed by atoms with van der Waals surface area (Å²) in [4.78, 5) is 25.3. The monoisotopic (exact) mass is 272 g/mol. The summed E-state index contributed by atoms with van der Waals surface area (Å²) < 4.78 is 0.722. The van der Waals surface area contributed by atoms with Gasteiger partial charge in [0.15, 0.2) is 0 Å². The first-order chi connectivity index (χ1) is 7.99. The molecule has 0 saturated carbocycles. The van der Waals surface area contributed by atoms with E-state index >= 15 is 0 Å². The van der Waals surface area contributed by atoms with Crippen molar-refractivity contribution in [1.29, 1.82) is 0 Å². The average Bonchev–Trinajstić information content (AvgIpc) is 2.80. The third-order valence-corrected chi connectivity index (χ3v) is 4.27. The van der Waals surface area contributed by atoms with Gasteiger partial charge >= 0.3 is 0 Å². The number of amides is 2. The summed E-state index contributed by atoms with van der Waals surface area (Å²) in [5, 5.41) is 3.16. The highest BCUT2D eigenvalue weighted by Crippen LogP contribution is 2.27. The van der Waals surface area contributed by atoms with Gasteiger partial charge in [-0.3, -0.25) is 19.8 Å². The minimum Gasteiger partial charge on any atom is -0.298 e. The Morgan fingerprint density at radius 3 is 2.71 bits per heavy atom. The Hall–Kier alpha value is -0.910. The van der Waals surface area contributed by atoms with Gasteiger partial charge in [0.05, 0.1) is 16.8 Å². The number of hydrogen-bond acceptors (Lipinski definition) is 4. The maximum absolute atomic E-state index is 11.7. The SMILES string of the molecule is CC(NC1CC(=O)N(C)C1=O)c1ccc(Cl)s1. The molecule has 1 aliphatic heterocycles. The minimum atomic E-state index is -0.414. The Kier molecular flexibility index (Phi) is 3.51. The van der Waals surface area contributed by atoms with Crippen molar-refractivity contribution in [2.75, 3.05) is 7.05 Å². The van der Waals surface area contributed by atoms with E-state index in [1.165, 1.54) is 23.3 Å². The Balaban J connectivity index is 2.02. The van der Waals surface area contributed by atoms with Crippen LogP contribution in [0, 0.1) is 0 Å². The fourth-order valence-electron chi connectivity index (χ4n) is 1.83. The van der Waals surface area contributed by atoms with Gasteiger partial charge in [-0.1, -0.05) is 11.6 Å². The standard InChI is InChI=1S/C11H13ClN2O2S/c1-6(8-3-4-9(12)17-8)13-7-5-10(15)14(2)11(7)16/h3-4,6-7,13H,5H2,1-2H3. The molecule has 1 aliphatic rings. The Morgan fingerprint density at radius 1 is 1.53 bits per heavy atom. The van der Waals surface area contributed by atoms with Gasteiger partial charge in [-0.05, 0) is 19.1 Å². The van der Waals surface area contributed by atoms with Gasteiger partial charge < -0.3 is 0 Å². The summed E-state index contributed by atoms with van der Waals surface area (Å²) in [5.74, 6) is -0.298. The molecule has 2 amide bonds. The number of hydrogen-bond donors (Lipinski definition) is 1. The summed E-state index contributed by atoms with van der Waals surface area (Å²) in [7, 11) is 1.51. The number of nitrogens with one attached hydrogen (secondary N) is 1. The first kappa shape index (κ1) is 12.5. The zero-order valence-corrected chi connectivity index (χ0v) is 11.1. The summed E-state index contributed by atoms with van der Waals surface area (Å²) >= 11 is 7.33. The van der Waals surface area contributed by atoms with Crippen LogP contribution in [0.5, 0.6) is 0 Å². The lowest BCUT2D eigenvalue weighted by Crippen LogP contribution is -2.38. The number of rotatable bonds is 3. The van der Waals surface area contributed by atoms with E-state index in [0.717, 1.165) is 9.21 Å². The van der Waals surface area contributed by atoms with Gasteiger partial charge in [0, 0.05) is 18.0 Å².